The largest absolute Gasteiger partial charge is 0.475 e. The summed E-state index contributed by atoms with van der Waals surface area (Å²) in [6.07, 6.45) is 3.42. The molecule has 4 fully saturated rings. The second-order valence-electron chi connectivity index (χ2n) is 8.19. The Morgan fingerprint density at radius 3 is 2.64 bits per heavy atom. The standard InChI is InChI=1S/C18H26BNO2/c1-17(2)13-10-14(17)18(3)15(11-13)21-19(22-18)16(20)9-12-7-5-4-6-8-12/h4-8,13-16H,9-11,20H2,1-3H3/t13-,14-,15-,16-,18+/m1/s1. The summed E-state index contributed by atoms with van der Waals surface area (Å²) < 4.78 is 12.7. The fourth-order valence-corrected chi connectivity index (χ4v) is 5.06. The molecule has 0 unspecified atom stereocenters. The van der Waals surface area contributed by atoms with Crippen molar-refractivity contribution in [1.82, 2.24) is 0 Å². The molecule has 0 amide bonds. The quantitative estimate of drug-likeness (QED) is 0.873. The third kappa shape index (κ3) is 2.00. The van der Waals surface area contributed by atoms with E-state index in [0.717, 1.165) is 18.8 Å². The van der Waals surface area contributed by atoms with Crippen LogP contribution in [0, 0.1) is 17.3 Å². The first-order chi connectivity index (χ1) is 10.4. The van der Waals surface area contributed by atoms with Crippen LogP contribution in [0.3, 0.4) is 0 Å². The molecule has 5 atom stereocenters. The van der Waals surface area contributed by atoms with E-state index in [2.05, 4.69) is 45.0 Å². The van der Waals surface area contributed by atoms with E-state index in [0.29, 0.717) is 11.3 Å². The second-order valence-corrected chi connectivity index (χ2v) is 8.19. The van der Waals surface area contributed by atoms with Gasteiger partial charge < -0.3 is 15.0 Å². The van der Waals surface area contributed by atoms with E-state index in [1.807, 2.05) is 6.07 Å². The summed E-state index contributed by atoms with van der Waals surface area (Å²) in [7, 11) is -0.273. The summed E-state index contributed by atoms with van der Waals surface area (Å²) in [5.41, 5.74) is 7.87. The monoisotopic (exact) mass is 299 g/mol. The molecule has 3 nitrogen and oxygen atoms in total. The second kappa shape index (κ2) is 4.83. The fraction of sp³-hybridized carbons (Fsp3) is 0.667. The van der Waals surface area contributed by atoms with Crippen LogP contribution in [-0.4, -0.2) is 24.8 Å². The lowest BCUT2D eigenvalue weighted by atomic mass is 9.43. The van der Waals surface area contributed by atoms with E-state index >= 15 is 0 Å². The Balaban J connectivity index is 1.48. The van der Waals surface area contributed by atoms with Gasteiger partial charge in [0.25, 0.3) is 0 Å². The van der Waals surface area contributed by atoms with Gasteiger partial charge in [0.1, 0.15) is 0 Å². The highest BCUT2D eigenvalue weighted by atomic mass is 16.7. The Morgan fingerprint density at radius 2 is 1.95 bits per heavy atom. The van der Waals surface area contributed by atoms with Crippen molar-refractivity contribution in [3.63, 3.8) is 0 Å². The third-order valence-corrected chi connectivity index (χ3v) is 6.63. The molecule has 118 valence electrons. The minimum absolute atomic E-state index is 0.106. The van der Waals surface area contributed by atoms with E-state index < -0.39 is 0 Å². The normalized spacial score (nSPS) is 40.0. The molecular weight excluding hydrogens is 273 g/mol. The van der Waals surface area contributed by atoms with Gasteiger partial charge in [0, 0.05) is 5.94 Å². The Kier molecular flexibility index (Phi) is 3.23. The van der Waals surface area contributed by atoms with E-state index in [-0.39, 0.29) is 24.8 Å². The molecule has 4 heteroatoms. The molecular formula is C18H26BNO2. The van der Waals surface area contributed by atoms with Crippen LogP contribution in [0.25, 0.3) is 0 Å². The number of nitrogens with two attached hydrogens (primary N) is 1. The molecule has 2 bridgehead atoms. The van der Waals surface area contributed by atoms with Crippen LogP contribution in [0.4, 0.5) is 0 Å². The lowest BCUT2D eigenvalue weighted by Gasteiger charge is -2.64. The van der Waals surface area contributed by atoms with Crippen LogP contribution < -0.4 is 5.73 Å². The van der Waals surface area contributed by atoms with Crippen molar-refractivity contribution in [2.24, 2.45) is 23.0 Å². The fourth-order valence-electron chi connectivity index (χ4n) is 5.06. The first-order valence-corrected chi connectivity index (χ1v) is 8.54. The predicted molar refractivity (Wildman–Crippen MR) is 88.2 cm³/mol. The van der Waals surface area contributed by atoms with Gasteiger partial charge in [-0.15, -0.1) is 0 Å². The van der Waals surface area contributed by atoms with Gasteiger partial charge >= 0.3 is 7.12 Å². The van der Waals surface area contributed by atoms with Gasteiger partial charge in [0.15, 0.2) is 0 Å². The highest BCUT2D eigenvalue weighted by molar-refractivity contribution is 6.47. The number of hydrogen-bond acceptors (Lipinski definition) is 3. The average Bonchev–Trinajstić information content (AvgIpc) is 2.85. The van der Waals surface area contributed by atoms with E-state index in [4.69, 9.17) is 15.0 Å². The molecule has 1 heterocycles. The van der Waals surface area contributed by atoms with Crippen LogP contribution in [0.1, 0.15) is 39.2 Å². The number of benzene rings is 1. The molecule has 1 aliphatic heterocycles. The summed E-state index contributed by atoms with van der Waals surface area (Å²) in [5.74, 6) is 1.27. The van der Waals surface area contributed by atoms with Crippen LogP contribution >= 0.6 is 0 Å². The van der Waals surface area contributed by atoms with E-state index in [1.54, 1.807) is 0 Å². The maximum absolute atomic E-state index is 6.43. The first-order valence-electron chi connectivity index (χ1n) is 8.54. The molecule has 22 heavy (non-hydrogen) atoms. The SMILES string of the molecule is CC1(C)[C@@H]2C[C@H]1[C@]1(C)OB([C@H](N)Cc3ccccc3)O[C@@H]1C2. The summed E-state index contributed by atoms with van der Waals surface area (Å²) >= 11 is 0. The van der Waals surface area contributed by atoms with Gasteiger partial charge in [0.2, 0.25) is 0 Å². The molecule has 1 aromatic rings. The maximum atomic E-state index is 6.43. The summed E-state index contributed by atoms with van der Waals surface area (Å²) in [6, 6.07) is 10.4. The first kappa shape index (κ1) is 14.7. The van der Waals surface area contributed by atoms with Crippen molar-refractivity contribution in [3.05, 3.63) is 35.9 Å². The molecule has 3 saturated carbocycles. The summed E-state index contributed by atoms with van der Waals surface area (Å²) in [5, 5.41) is 0. The minimum Gasteiger partial charge on any atom is -0.404 e. The molecule has 0 spiro atoms. The minimum atomic E-state index is -0.273. The van der Waals surface area contributed by atoms with Crippen LogP contribution in [0.5, 0.6) is 0 Å². The van der Waals surface area contributed by atoms with Crippen molar-refractivity contribution in [2.75, 3.05) is 0 Å². The summed E-state index contributed by atoms with van der Waals surface area (Å²) in [6.45, 7) is 7.01. The molecule has 5 rings (SSSR count). The topological polar surface area (TPSA) is 44.5 Å². The molecule has 0 radical (unpaired) electrons. The zero-order valence-corrected chi connectivity index (χ0v) is 13.8. The Labute approximate surface area is 133 Å². The van der Waals surface area contributed by atoms with Crippen molar-refractivity contribution in [2.45, 2.75) is 57.7 Å². The highest BCUT2D eigenvalue weighted by Crippen LogP contribution is 2.65. The zero-order valence-electron chi connectivity index (χ0n) is 13.8. The highest BCUT2D eigenvalue weighted by Gasteiger charge is 2.68. The van der Waals surface area contributed by atoms with Crippen molar-refractivity contribution >= 4 is 7.12 Å². The van der Waals surface area contributed by atoms with Crippen LogP contribution in [-0.2, 0) is 15.7 Å². The van der Waals surface area contributed by atoms with Gasteiger partial charge in [-0.05, 0) is 49.0 Å². The number of rotatable bonds is 3. The maximum Gasteiger partial charge on any atom is 0.475 e. The molecule has 1 aromatic carbocycles. The molecule has 3 aliphatic carbocycles. The Hall–Kier alpha value is -0.835. The van der Waals surface area contributed by atoms with Crippen LogP contribution in [0.15, 0.2) is 30.3 Å². The smallest absolute Gasteiger partial charge is 0.404 e. The zero-order chi connectivity index (χ0) is 15.5. The average molecular weight is 299 g/mol. The van der Waals surface area contributed by atoms with Gasteiger partial charge in [-0.25, -0.2) is 0 Å². The van der Waals surface area contributed by atoms with Gasteiger partial charge in [0.05, 0.1) is 11.7 Å². The lowest BCUT2D eigenvalue weighted by Crippen LogP contribution is -2.65. The number of hydrogen-bond donors (Lipinski definition) is 1. The Bertz CT molecular complexity index is 563. The molecule has 2 N–H and O–H groups in total. The van der Waals surface area contributed by atoms with E-state index in [9.17, 15) is 0 Å². The third-order valence-electron chi connectivity index (χ3n) is 6.63. The van der Waals surface area contributed by atoms with Gasteiger partial charge in [-0.1, -0.05) is 44.2 Å². The van der Waals surface area contributed by atoms with Crippen molar-refractivity contribution in [3.8, 4) is 0 Å². The van der Waals surface area contributed by atoms with Gasteiger partial charge in [-0.3, -0.25) is 0 Å². The van der Waals surface area contributed by atoms with Crippen molar-refractivity contribution in [1.29, 1.82) is 0 Å². The van der Waals surface area contributed by atoms with Gasteiger partial charge in [-0.2, -0.15) is 0 Å². The molecule has 4 aliphatic rings. The van der Waals surface area contributed by atoms with E-state index in [1.165, 1.54) is 12.0 Å². The molecule has 0 aromatic heterocycles. The Morgan fingerprint density at radius 1 is 1.23 bits per heavy atom. The predicted octanol–water partition coefficient (Wildman–Crippen LogP) is 2.82. The lowest BCUT2D eigenvalue weighted by molar-refractivity contribution is -0.199. The summed E-state index contributed by atoms with van der Waals surface area (Å²) in [4.78, 5) is 0. The van der Waals surface area contributed by atoms with Crippen LogP contribution in [0.2, 0.25) is 0 Å². The van der Waals surface area contributed by atoms with Crippen molar-refractivity contribution < 1.29 is 9.31 Å². The molecule has 1 saturated heterocycles.